The summed E-state index contributed by atoms with van der Waals surface area (Å²) in [5.41, 5.74) is 0.458. The number of piperazine rings is 1. The molecule has 0 saturated carbocycles. The van der Waals surface area contributed by atoms with Gasteiger partial charge >= 0.3 is 0 Å². The van der Waals surface area contributed by atoms with Crippen molar-refractivity contribution in [1.29, 1.82) is 0 Å². The van der Waals surface area contributed by atoms with Crippen LogP contribution in [0.4, 0.5) is 0 Å². The van der Waals surface area contributed by atoms with Gasteiger partial charge in [0.25, 0.3) is 0 Å². The molecule has 0 bridgehead atoms. The summed E-state index contributed by atoms with van der Waals surface area (Å²) in [5.74, 6) is 1.66. The lowest BCUT2D eigenvalue weighted by Gasteiger charge is -2.43. The van der Waals surface area contributed by atoms with Gasteiger partial charge in [-0.15, -0.1) is 0 Å². The highest BCUT2D eigenvalue weighted by Gasteiger charge is 2.34. The third kappa shape index (κ3) is 7.93. The average molecular weight is 396 g/mol. The second-order valence-corrected chi connectivity index (χ2v) is 10.8. The van der Waals surface area contributed by atoms with Crippen molar-refractivity contribution < 1.29 is 4.74 Å². The van der Waals surface area contributed by atoms with E-state index in [1.807, 2.05) is 0 Å². The Morgan fingerprint density at radius 1 is 0.857 bits per heavy atom. The molecule has 0 spiro atoms. The number of rotatable bonds is 10. The van der Waals surface area contributed by atoms with Crippen molar-refractivity contribution in [2.75, 3.05) is 59.0 Å². The Hall–Kier alpha value is -0.160. The fourth-order valence-electron chi connectivity index (χ4n) is 5.39. The van der Waals surface area contributed by atoms with Crippen molar-refractivity contribution >= 4 is 0 Å². The number of piperidine rings is 1. The van der Waals surface area contributed by atoms with Gasteiger partial charge in [0.2, 0.25) is 0 Å². The molecule has 28 heavy (non-hydrogen) atoms. The van der Waals surface area contributed by atoms with Crippen LogP contribution in [0.5, 0.6) is 0 Å². The summed E-state index contributed by atoms with van der Waals surface area (Å²) in [6.45, 7) is 27.2. The third-order valence-corrected chi connectivity index (χ3v) is 7.13. The average Bonchev–Trinajstić information content (AvgIpc) is 2.61. The zero-order valence-electron chi connectivity index (χ0n) is 20.0. The maximum absolute atomic E-state index is 5.73. The highest BCUT2D eigenvalue weighted by Crippen LogP contribution is 2.40. The molecule has 2 heterocycles. The zero-order chi connectivity index (χ0) is 20.7. The van der Waals surface area contributed by atoms with Gasteiger partial charge in [-0.25, -0.2) is 0 Å². The van der Waals surface area contributed by atoms with Crippen LogP contribution in [0.25, 0.3) is 0 Å². The minimum absolute atomic E-state index is 0.353. The minimum atomic E-state index is 0.353. The van der Waals surface area contributed by atoms with Gasteiger partial charge in [0.15, 0.2) is 0 Å². The van der Waals surface area contributed by atoms with Gasteiger partial charge in [-0.3, -0.25) is 4.90 Å². The lowest BCUT2D eigenvalue weighted by Crippen LogP contribution is -2.50. The van der Waals surface area contributed by atoms with Crippen molar-refractivity contribution in [2.45, 2.75) is 79.9 Å². The quantitative estimate of drug-likeness (QED) is 0.552. The number of hydrogen-bond acceptors (Lipinski definition) is 4. The van der Waals surface area contributed by atoms with E-state index in [0.29, 0.717) is 17.6 Å². The molecule has 166 valence electrons. The standard InChI is InChI=1S/C24H49N3O/c1-20(2)27-14-12-26(13-15-27)19-22(5)18-24(6,7)23-8-10-25(11-9-23)16-17-28-21(3)4/h20-23H,8-19H2,1-7H3. The lowest BCUT2D eigenvalue weighted by molar-refractivity contribution is 0.0330. The van der Waals surface area contributed by atoms with Crippen LogP contribution >= 0.6 is 0 Å². The highest BCUT2D eigenvalue weighted by atomic mass is 16.5. The van der Waals surface area contributed by atoms with Crippen LogP contribution in [-0.2, 0) is 4.74 Å². The van der Waals surface area contributed by atoms with Crippen LogP contribution in [-0.4, -0.2) is 85.8 Å². The maximum Gasteiger partial charge on any atom is 0.0596 e. The van der Waals surface area contributed by atoms with Gasteiger partial charge in [-0.2, -0.15) is 0 Å². The molecule has 2 saturated heterocycles. The Balaban J connectivity index is 1.68. The Morgan fingerprint density at radius 2 is 1.46 bits per heavy atom. The van der Waals surface area contributed by atoms with Crippen LogP contribution in [0.1, 0.15) is 67.7 Å². The molecule has 2 aliphatic heterocycles. The first-order chi connectivity index (χ1) is 13.2. The van der Waals surface area contributed by atoms with Crippen LogP contribution in [0.3, 0.4) is 0 Å². The van der Waals surface area contributed by atoms with Gasteiger partial charge in [-0.1, -0.05) is 20.8 Å². The number of likely N-dealkylation sites (tertiary alicyclic amines) is 1. The van der Waals surface area contributed by atoms with E-state index in [2.05, 4.69) is 63.2 Å². The normalized spacial score (nSPS) is 23.0. The lowest BCUT2D eigenvalue weighted by atomic mass is 9.69. The number of nitrogens with zero attached hydrogens (tertiary/aromatic N) is 3. The molecular weight excluding hydrogens is 346 g/mol. The molecule has 4 nitrogen and oxygen atoms in total. The fraction of sp³-hybridized carbons (Fsp3) is 1.00. The Morgan fingerprint density at radius 3 is 2.00 bits per heavy atom. The highest BCUT2D eigenvalue weighted by molar-refractivity contribution is 4.86. The number of hydrogen-bond donors (Lipinski definition) is 0. The van der Waals surface area contributed by atoms with E-state index in [0.717, 1.165) is 25.0 Å². The van der Waals surface area contributed by atoms with Gasteiger partial charge in [0, 0.05) is 45.3 Å². The monoisotopic (exact) mass is 395 g/mol. The Kier molecular flexibility index (Phi) is 9.72. The van der Waals surface area contributed by atoms with Crippen LogP contribution in [0, 0.1) is 17.3 Å². The predicted molar refractivity (Wildman–Crippen MR) is 121 cm³/mol. The summed E-state index contributed by atoms with van der Waals surface area (Å²) < 4.78 is 5.73. The topological polar surface area (TPSA) is 19.0 Å². The summed E-state index contributed by atoms with van der Waals surface area (Å²) in [4.78, 5) is 7.93. The van der Waals surface area contributed by atoms with Gasteiger partial charge in [0.05, 0.1) is 12.7 Å². The van der Waals surface area contributed by atoms with Gasteiger partial charge < -0.3 is 14.5 Å². The van der Waals surface area contributed by atoms with E-state index >= 15 is 0 Å². The summed E-state index contributed by atoms with van der Waals surface area (Å²) in [7, 11) is 0. The summed E-state index contributed by atoms with van der Waals surface area (Å²) >= 11 is 0. The van der Waals surface area contributed by atoms with Crippen molar-refractivity contribution in [3.8, 4) is 0 Å². The van der Waals surface area contributed by atoms with E-state index in [-0.39, 0.29) is 0 Å². The molecule has 0 aromatic carbocycles. The van der Waals surface area contributed by atoms with E-state index in [9.17, 15) is 0 Å². The molecule has 1 atom stereocenters. The molecule has 0 aromatic heterocycles. The van der Waals surface area contributed by atoms with Crippen molar-refractivity contribution in [3.05, 3.63) is 0 Å². The number of ether oxygens (including phenoxy) is 1. The van der Waals surface area contributed by atoms with E-state index in [1.165, 1.54) is 65.1 Å². The SMILES string of the molecule is CC(CN1CCN(C(C)C)CC1)CC(C)(C)C1CCN(CCOC(C)C)CC1. The van der Waals surface area contributed by atoms with Gasteiger partial charge in [0.1, 0.15) is 0 Å². The van der Waals surface area contributed by atoms with E-state index in [1.54, 1.807) is 0 Å². The first-order valence-electron chi connectivity index (χ1n) is 12.0. The zero-order valence-corrected chi connectivity index (χ0v) is 20.0. The molecule has 2 rings (SSSR count). The molecule has 1 unspecified atom stereocenters. The molecule has 2 aliphatic rings. The summed E-state index contributed by atoms with van der Waals surface area (Å²) in [6, 6.07) is 0.696. The summed E-state index contributed by atoms with van der Waals surface area (Å²) in [6.07, 6.45) is 4.42. The molecule has 0 amide bonds. The fourth-order valence-corrected chi connectivity index (χ4v) is 5.39. The molecule has 0 N–H and O–H groups in total. The Labute approximate surface area is 176 Å². The van der Waals surface area contributed by atoms with E-state index < -0.39 is 0 Å². The molecule has 4 heteroatoms. The van der Waals surface area contributed by atoms with Crippen molar-refractivity contribution in [3.63, 3.8) is 0 Å². The second-order valence-electron chi connectivity index (χ2n) is 10.8. The minimum Gasteiger partial charge on any atom is -0.377 e. The maximum atomic E-state index is 5.73. The van der Waals surface area contributed by atoms with E-state index in [4.69, 9.17) is 4.74 Å². The van der Waals surface area contributed by atoms with Crippen molar-refractivity contribution in [2.24, 2.45) is 17.3 Å². The Bertz CT molecular complexity index is 422. The van der Waals surface area contributed by atoms with Crippen molar-refractivity contribution in [1.82, 2.24) is 14.7 Å². The molecule has 2 fully saturated rings. The summed E-state index contributed by atoms with van der Waals surface area (Å²) in [5, 5.41) is 0. The van der Waals surface area contributed by atoms with Crippen LogP contribution in [0.15, 0.2) is 0 Å². The first kappa shape index (κ1) is 24.1. The van der Waals surface area contributed by atoms with Crippen LogP contribution in [0.2, 0.25) is 0 Å². The molecule has 0 aliphatic carbocycles. The second kappa shape index (κ2) is 11.3. The van der Waals surface area contributed by atoms with Crippen LogP contribution < -0.4 is 0 Å². The first-order valence-corrected chi connectivity index (χ1v) is 12.0. The molecule has 0 aromatic rings. The van der Waals surface area contributed by atoms with Gasteiger partial charge in [-0.05, 0) is 77.3 Å². The molecular formula is C24H49N3O. The third-order valence-electron chi connectivity index (χ3n) is 7.13. The predicted octanol–water partition coefficient (Wildman–Crippen LogP) is 4.20. The molecule has 0 radical (unpaired) electrons. The smallest absolute Gasteiger partial charge is 0.0596 e. The largest absolute Gasteiger partial charge is 0.377 e.